The number of hydrogen-bond donors (Lipinski definition) is 5. The van der Waals surface area contributed by atoms with Crippen molar-refractivity contribution in [3.8, 4) is 0 Å². The molecule has 1 aliphatic rings. The van der Waals surface area contributed by atoms with Gasteiger partial charge < -0.3 is 31.1 Å². The molecule has 1 rings (SSSR count). The van der Waals surface area contributed by atoms with Crippen LogP contribution in [0.2, 0.25) is 0 Å². The van der Waals surface area contributed by atoms with Crippen molar-refractivity contribution in [1.29, 1.82) is 0 Å². The highest BCUT2D eigenvalue weighted by Crippen LogP contribution is 2.19. The van der Waals surface area contributed by atoms with Crippen LogP contribution < -0.4 is 11.1 Å². The van der Waals surface area contributed by atoms with E-state index in [9.17, 15) is 20.1 Å². The summed E-state index contributed by atoms with van der Waals surface area (Å²) in [6, 6.07) is -1.16. The molecule has 1 heterocycles. The fraction of sp³-hybridized carbons (Fsp3) is 0.875. The van der Waals surface area contributed by atoms with Crippen molar-refractivity contribution >= 4 is 5.91 Å². The van der Waals surface area contributed by atoms with Crippen LogP contribution in [0.3, 0.4) is 0 Å². The number of ether oxygens (including phenoxy) is 1. The lowest BCUT2D eigenvalue weighted by atomic mass is 9.97. The van der Waals surface area contributed by atoms with E-state index >= 15 is 0 Å². The first kappa shape index (κ1) is 10.8. The first-order chi connectivity index (χ1) is 7.51. The van der Waals surface area contributed by atoms with Gasteiger partial charge in [-0.15, -0.1) is 0 Å². The Labute approximate surface area is 88.2 Å². The fourth-order valence-electron chi connectivity index (χ4n) is 1.48. The summed E-state index contributed by atoms with van der Waals surface area (Å²) >= 11 is 0. The fourth-order valence-corrected chi connectivity index (χ4v) is 1.48. The number of aliphatic hydroxyl groups excluding tert-OH is 3. The van der Waals surface area contributed by atoms with Gasteiger partial charge in [0.25, 0.3) is 0 Å². The van der Waals surface area contributed by atoms with Crippen molar-refractivity contribution in [3.63, 3.8) is 0 Å². The Kier molecular flexibility index (Phi) is 3.49. The maximum atomic E-state index is 10.9. The first-order valence-corrected chi connectivity index (χ1v) is 4.49. The Morgan fingerprint density at radius 3 is 2.73 bits per heavy atom. The minimum atomic E-state index is -1.46. The Hall–Kier alpha value is -0.730. The zero-order chi connectivity index (χ0) is 12.3. The van der Waals surface area contributed by atoms with E-state index in [0.29, 0.717) is 0 Å². The van der Waals surface area contributed by atoms with Gasteiger partial charge in [0.2, 0.25) is 5.91 Å². The Balaban J connectivity index is 2.67. The molecule has 0 aromatic carbocycles. The lowest BCUT2D eigenvalue weighted by Crippen LogP contribution is -2.64. The summed E-state index contributed by atoms with van der Waals surface area (Å²) in [5, 5.41) is 30.8. The molecule has 0 radical (unpaired) electrons. The number of nitrogens with two attached hydrogens (primary N) is 1. The smallest absolute Gasteiger partial charge is 0.217 e. The lowest BCUT2D eigenvalue weighted by molar-refractivity contribution is -0.244. The van der Waals surface area contributed by atoms with Crippen molar-refractivity contribution in [3.05, 3.63) is 0 Å². The van der Waals surface area contributed by atoms with Crippen LogP contribution in [0.15, 0.2) is 0 Å². The molecule has 0 aromatic rings. The number of amides is 1. The first-order valence-electron chi connectivity index (χ1n) is 5.20. The van der Waals surface area contributed by atoms with Crippen LogP contribution in [0, 0.1) is 0 Å². The highest BCUT2D eigenvalue weighted by atomic mass is 16.6. The van der Waals surface area contributed by atoms with Crippen LogP contribution in [-0.2, 0) is 9.53 Å². The molecule has 15 heavy (non-hydrogen) atoms. The zero-order valence-corrected chi connectivity index (χ0v) is 8.04. The molecule has 7 nitrogen and oxygen atoms in total. The standard InChI is InChI=1S/C8H16N2O5/c1-3(11)10-5-7(13)6(12)4(2-9)15-8(5)14/h4-8,12-14H,2,9H2,1H3,(H,10,11)/t4-,5-,6-,7-,8?/m1/s1/i1D. The predicted octanol–water partition coefficient (Wildman–Crippen LogP) is -3.11. The van der Waals surface area contributed by atoms with Gasteiger partial charge in [-0.1, -0.05) is 0 Å². The normalized spacial score (nSPS) is 42.1. The molecule has 88 valence electrons. The van der Waals surface area contributed by atoms with Crippen LogP contribution in [0.4, 0.5) is 0 Å². The van der Waals surface area contributed by atoms with E-state index in [1.807, 2.05) is 0 Å². The summed E-state index contributed by atoms with van der Waals surface area (Å²) in [6.07, 6.45) is -5.01. The summed E-state index contributed by atoms with van der Waals surface area (Å²) < 4.78 is 11.7. The molecule has 0 bridgehead atoms. The minimum Gasteiger partial charge on any atom is -0.388 e. The van der Waals surface area contributed by atoms with Crippen LogP contribution in [0.5, 0.6) is 0 Å². The molecule has 5 atom stereocenters. The molecule has 1 amide bonds. The van der Waals surface area contributed by atoms with Crippen molar-refractivity contribution in [1.82, 2.24) is 5.32 Å². The Morgan fingerprint density at radius 2 is 2.20 bits per heavy atom. The summed E-state index contributed by atoms with van der Waals surface area (Å²) in [5.74, 6) is -0.676. The average molecular weight is 221 g/mol. The van der Waals surface area contributed by atoms with Crippen LogP contribution >= 0.6 is 0 Å². The minimum absolute atomic E-state index is 0.0611. The molecular formula is C8H16N2O5. The molecule has 1 aliphatic heterocycles. The van der Waals surface area contributed by atoms with Crippen LogP contribution in [-0.4, -0.2) is 58.4 Å². The maximum Gasteiger partial charge on any atom is 0.217 e. The van der Waals surface area contributed by atoms with Gasteiger partial charge >= 0.3 is 0 Å². The zero-order valence-electron chi connectivity index (χ0n) is 9.04. The van der Waals surface area contributed by atoms with Gasteiger partial charge in [0.15, 0.2) is 6.29 Å². The van der Waals surface area contributed by atoms with Crippen LogP contribution in [0.25, 0.3) is 0 Å². The van der Waals surface area contributed by atoms with E-state index in [-0.39, 0.29) is 6.54 Å². The Morgan fingerprint density at radius 1 is 1.53 bits per heavy atom. The molecule has 6 N–H and O–H groups in total. The third kappa shape index (κ3) is 2.64. The molecule has 1 saturated heterocycles. The average Bonchev–Trinajstić information content (AvgIpc) is 2.28. The lowest BCUT2D eigenvalue weighted by Gasteiger charge is -2.40. The SMILES string of the molecule is [2H]CC(=O)N[C@H]1C(O)O[C@H](CN)[C@@H](O)[C@@H]1O. The second-order valence-electron chi connectivity index (χ2n) is 3.38. The molecule has 0 aliphatic carbocycles. The molecule has 0 spiro atoms. The van der Waals surface area contributed by atoms with Crippen molar-refractivity contribution in [2.45, 2.75) is 37.5 Å². The monoisotopic (exact) mass is 221 g/mol. The molecule has 1 fully saturated rings. The summed E-state index contributed by atoms with van der Waals surface area (Å²) in [7, 11) is 0. The van der Waals surface area contributed by atoms with E-state index in [2.05, 4.69) is 5.32 Å². The second kappa shape index (κ2) is 4.86. The third-order valence-corrected chi connectivity index (χ3v) is 2.28. The third-order valence-electron chi connectivity index (χ3n) is 2.28. The van der Waals surface area contributed by atoms with Gasteiger partial charge in [0.1, 0.15) is 24.4 Å². The van der Waals surface area contributed by atoms with Gasteiger partial charge in [-0.3, -0.25) is 4.79 Å². The number of carbonyl (C=O) groups is 1. The highest BCUT2D eigenvalue weighted by molar-refractivity contribution is 5.73. The van der Waals surface area contributed by atoms with Crippen molar-refractivity contribution in [2.24, 2.45) is 5.73 Å². The summed E-state index contributed by atoms with van der Waals surface area (Å²) in [4.78, 5) is 10.9. The van der Waals surface area contributed by atoms with E-state index in [1.165, 1.54) is 0 Å². The van der Waals surface area contributed by atoms with E-state index in [0.717, 1.165) is 0 Å². The summed E-state index contributed by atoms with van der Waals surface area (Å²) in [5.41, 5.74) is 5.27. The van der Waals surface area contributed by atoms with E-state index < -0.39 is 43.5 Å². The molecule has 0 saturated carbocycles. The number of rotatable bonds is 2. The largest absolute Gasteiger partial charge is 0.388 e. The van der Waals surface area contributed by atoms with Gasteiger partial charge in [-0.05, 0) is 0 Å². The number of hydrogen-bond acceptors (Lipinski definition) is 6. The predicted molar refractivity (Wildman–Crippen MR) is 49.6 cm³/mol. The van der Waals surface area contributed by atoms with Gasteiger partial charge in [0, 0.05) is 14.8 Å². The molecular weight excluding hydrogens is 204 g/mol. The molecule has 0 aromatic heterocycles. The number of nitrogens with one attached hydrogen (secondary N) is 1. The van der Waals surface area contributed by atoms with E-state index in [1.54, 1.807) is 0 Å². The molecule has 1 unspecified atom stereocenters. The van der Waals surface area contributed by atoms with Crippen molar-refractivity contribution < 1.29 is 26.2 Å². The molecule has 7 heteroatoms. The second-order valence-corrected chi connectivity index (χ2v) is 3.38. The van der Waals surface area contributed by atoms with Crippen molar-refractivity contribution in [2.75, 3.05) is 6.54 Å². The maximum absolute atomic E-state index is 10.9. The topological polar surface area (TPSA) is 125 Å². The Bertz CT molecular complexity index is 255. The van der Waals surface area contributed by atoms with Gasteiger partial charge in [-0.2, -0.15) is 0 Å². The summed E-state index contributed by atoms with van der Waals surface area (Å²) in [6.45, 7) is -0.596. The van der Waals surface area contributed by atoms with Gasteiger partial charge in [-0.25, -0.2) is 0 Å². The number of carbonyl (C=O) groups excluding carboxylic acids is 1. The number of aliphatic hydroxyl groups is 3. The van der Waals surface area contributed by atoms with Crippen LogP contribution in [0.1, 0.15) is 8.27 Å². The quantitative estimate of drug-likeness (QED) is 0.336. The highest BCUT2D eigenvalue weighted by Gasteiger charge is 2.43. The van der Waals surface area contributed by atoms with Gasteiger partial charge in [0.05, 0.1) is 0 Å². The van der Waals surface area contributed by atoms with E-state index in [4.69, 9.17) is 11.8 Å².